The Hall–Kier alpha value is -4.25. The van der Waals surface area contributed by atoms with Crippen molar-refractivity contribution in [1.82, 2.24) is 9.88 Å². The first-order valence-electron chi connectivity index (χ1n) is 13.8. The Kier molecular flexibility index (Phi) is 8.70. The number of rotatable bonds is 8. The van der Waals surface area contributed by atoms with Crippen molar-refractivity contribution in [2.24, 2.45) is 5.92 Å². The minimum absolute atomic E-state index is 0.00991. The van der Waals surface area contributed by atoms with Gasteiger partial charge in [0, 0.05) is 38.5 Å². The van der Waals surface area contributed by atoms with E-state index < -0.39 is 0 Å². The maximum Gasteiger partial charge on any atom is 0.255 e. The van der Waals surface area contributed by atoms with E-state index in [0.717, 1.165) is 44.3 Å². The second kappa shape index (κ2) is 12.7. The Labute approximate surface area is 233 Å². The fourth-order valence-corrected chi connectivity index (χ4v) is 5.36. The molecule has 1 aliphatic heterocycles. The number of benzene rings is 2. The highest BCUT2D eigenvalue weighted by atomic mass is 19.1. The lowest BCUT2D eigenvalue weighted by molar-refractivity contribution is 0.0594. The number of carbonyl (C=O) groups is 2. The van der Waals surface area contributed by atoms with Crippen molar-refractivity contribution in [3.05, 3.63) is 95.4 Å². The summed E-state index contributed by atoms with van der Waals surface area (Å²) in [7, 11) is 0. The summed E-state index contributed by atoms with van der Waals surface area (Å²) in [5.74, 6) is 1.29. The zero-order chi connectivity index (χ0) is 27.9. The number of aromatic nitrogens is 1. The maximum absolute atomic E-state index is 13.1. The summed E-state index contributed by atoms with van der Waals surface area (Å²) in [6.07, 6.45) is 6.95. The van der Waals surface area contributed by atoms with E-state index in [1.165, 1.54) is 18.3 Å². The molecule has 1 amide bonds. The lowest BCUT2D eigenvalue weighted by atomic mass is 9.84. The molecule has 40 heavy (non-hydrogen) atoms. The molecule has 0 atom stereocenters. The molecule has 0 spiro atoms. The van der Waals surface area contributed by atoms with Crippen LogP contribution < -0.4 is 9.47 Å². The molecule has 7 nitrogen and oxygen atoms in total. The van der Waals surface area contributed by atoms with Crippen LogP contribution in [-0.4, -0.2) is 46.9 Å². The summed E-state index contributed by atoms with van der Waals surface area (Å²) in [6.45, 7) is 8.20. The number of carbonyl (C=O) groups excluding carboxylic acids is 2. The highest BCUT2D eigenvalue weighted by molar-refractivity contribution is 5.97. The van der Waals surface area contributed by atoms with Gasteiger partial charge < -0.3 is 14.4 Å². The van der Waals surface area contributed by atoms with Crippen molar-refractivity contribution in [3.8, 4) is 11.5 Å². The highest BCUT2D eigenvalue weighted by Crippen LogP contribution is 2.30. The van der Waals surface area contributed by atoms with Crippen LogP contribution in [-0.2, 0) is 0 Å². The van der Waals surface area contributed by atoms with Crippen LogP contribution in [0.3, 0.4) is 0 Å². The van der Waals surface area contributed by atoms with Gasteiger partial charge in [0.2, 0.25) is 0 Å². The van der Waals surface area contributed by atoms with Gasteiger partial charge in [-0.05, 0) is 80.1 Å². The van der Waals surface area contributed by atoms with Gasteiger partial charge in [-0.2, -0.15) is 0 Å². The Balaban J connectivity index is 1.05. The van der Waals surface area contributed by atoms with Crippen LogP contribution in [0.1, 0.15) is 65.8 Å². The second-order valence-electron chi connectivity index (χ2n) is 10.5. The SMILES string of the molecule is [C-]#[N+]c1ccc(OC2CCN(C(=O)c3ccc(C(=O)CC4CCC(Oc5ccc(F)cc5)CC4)nc3)CC2)cc1. The molecule has 2 aliphatic rings. The van der Waals surface area contributed by atoms with E-state index >= 15 is 0 Å². The molecular weight excluding hydrogens is 509 g/mol. The summed E-state index contributed by atoms with van der Waals surface area (Å²) < 4.78 is 25.1. The Morgan fingerprint density at radius 3 is 2.02 bits per heavy atom. The first kappa shape index (κ1) is 27.3. The van der Waals surface area contributed by atoms with Crippen LogP contribution >= 0.6 is 0 Å². The van der Waals surface area contributed by atoms with Gasteiger partial charge in [-0.25, -0.2) is 9.24 Å². The number of likely N-dealkylation sites (tertiary alicyclic amines) is 1. The highest BCUT2D eigenvalue weighted by Gasteiger charge is 2.27. The van der Waals surface area contributed by atoms with E-state index in [1.807, 2.05) is 0 Å². The normalized spacial score (nSPS) is 19.4. The summed E-state index contributed by atoms with van der Waals surface area (Å²) >= 11 is 0. The number of halogens is 1. The predicted octanol–water partition coefficient (Wildman–Crippen LogP) is 6.67. The zero-order valence-corrected chi connectivity index (χ0v) is 22.3. The van der Waals surface area contributed by atoms with E-state index in [0.29, 0.717) is 42.2 Å². The molecule has 0 N–H and O–H groups in total. The fourth-order valence-electron chi connectivity index (χ4n) is 5.36. The van der Waals surface area contributed by atoms with Crippen molar-refractivity contribution >= 4 is 17.4 Å². The first-order valence-corrected chi connectivity index (χ1v) is 13.8. The largest absolute Gasteiger partial charge is 0.490 e. The van der Waals surface area contributed by atoms with Gasteiger partial charge >= 0.3 is 0 Å². The van der Waals surface area contributed by atoms with Crippen molar-refractivity contribution in [1.29, 1.82) is 0 Å². The number of nitrogens with zero attached hydrogens (tertiary/aromatic N) is 3. The molecule has 1 saturated carbocycles. The van der Waals surface area contributed by atoms with Crippen molar-refractivity contribution < 1.29 is 23.5 Å². The van der Waals surface area contributed by atoms with Gasteiger partial charge in [0.05, 0.1) is 18.2 Å². The van der Waals surface area contributed by atoms with Crippen LogP contribution in [0.2, 0.25) is 0 Å². The predicted molar refractivity (Wildman–Crippen MR) is 148 cm³/mol. The van der Waals surface area contributed by atoms with Crippen molar-refractivity contribution in [2.45, 2.75) is 57.2 Å². The third kappa shape index (κ3) is 7.03. The van der Waals surface area contributed by atoms with Crippen LogP contribution in [0.5, 0.6) is 11.5 Å². The average Bonchev–Trinajstić information content (AvgIpc) is 3.00. The van der Waals surface area contributed by atoms with E-state index in [1.54, 1.807) is 53.4 Å². The summed E-state index contributed by atoms with van der Waals surface area (Å²) in [5.41, 5.74) is 1.44. The molecular formula is C32H32FN3O4. The van der Waals surface area contributed by atoms with Crippen LogP contribution in [0, 0.1) is 18.3 Å². The number of ether oxygens (including phenoxy) is 2. The molecule has 8 heteroatoms. The first-order chi connectivity index (χ1) is 19.5. The zero-order valence-electron chi connectivity index (χ0n) is 22.3. The Morgan fingerprint density at radius 2 is 1.45 bits per heavy atom. The molecule has 2 heterocycles. The van der Waals surface area contributed by atoms with Crippen LogP contribution in [0.25, 0.3) is 4.85 Å². The monoisotopic (exact) mass is 541 g/mol. The number of amides is 1. The van der Waals surface area contributed by atoms with Crippen LogP contribution in [0.15, 0.2) is 66.9 Å². The lowest BCUT2D eigenvalue weighted by Gasteiger charge is -2.32. The summed E-state index contributed by atoms with van der Waals surface area (Å²) in [5, 5.41) is 0. The van der Waals surface area contributed by atoms with Crippen molar-refractivity contribution in [3.63, 3.8) is 0 Å². The molecule has 1 aromatic heterocycles. The quantitative estimate of drug-likeness (QED) is 0.235. The third-order valence-electron chi connectivity index (χ3n) is 7.68. The lowest BCUT2D eigenvalue weighted by Crippen LogP contribution is -2.41. The summed E-state index contributed by atoms with van der Waals surface area (Å²) in [4.78, 5) is 35.4. The molecule has 0 unspecified atom stereocenters. The van der Waals surface area contributed by atoms with Gasteiger partial charge in [-0.3, -0.25) is 14.6 Å². The van der Waals surface area contributed by atoms with E-state index in [9.17, 15) is 14.0 Å². The van der Waals surface area contributed by atoms with Crippen LogP contribution in [0.4, 0.5) is 10.1 Å². The van der Waals surface area contributed by atoms with Gasteiger partial charge in [0.1, 0.15) is 29.1 Å². The van der Waals surface area contributed by atoms with Gasteiger partial charge in [0.25, 0.3) is 5.91 Å². The van der Waals surface area contributed by atoms with Gasteiger partial charge in [0.15, 0.2) is 11.5 Å². The van der Waals surface area contributed by atoms with Gasteiger partial charge in [-0.15, -0.1) is 0 Å². The topological polar surface area (TPSA) is 73.1 Å². The van der Waals surface area contributed by atoms with E-state index in [4.69, 9.17) is 16.0 Å². The molecule has 0 radical (unpaired) electrons. The fraction of sp³-hybridized carbons (Fsp3) is 0.375. The minimum Gasteiger partial charge on any atom is -0.490 e. The Bertz CT molecular complexity index is 1340. The molecule has 3 aromatic rings. The number of piperidine rings is 1. The molecule has 1 aliphatic carbocycles. The third-order valence-corrected chi connectivity index (χ3v) is 7.68. The molecule has 5 rings (SSSR count). The maximum atomic E-state index is 13.1. The van der Waals surface area contributed by atoms with Crippen molar-refractivity contribution in [2.75, 3.05) is 13.1 Å². The Morgan fingerprint density at radius 1 is 0.850 bits per heavy atom. The van der Waals surface area contributed by atoms with E-state index in [-0.39, 0.29) is 35.6 Å². The smallest absolute Gasteiger partial charge is 0.255 e. The van der Waals surface area contributed by atoms with Gasteiger partial charge in [-0.1, -0.05) is 12.1 Å². The number of hydrogen-bond acceptors (Lipinski definition) is 5. The molecule has 2 aromatic carbocycles. The molecule has 0 bridgehead atoms. The second-order valence-corrected chi connectivity index (χ2v) is 10.5. The standard InChI is InChI=1S/C32H32FN3O4/c1-34-25-7-13-28(14-8-25)40-29-16-18-36(19-17-29)32(38)23-4-15-30(35-21-23)31(37)20-22-2-9-26(10-3-22)39-27-11-5-24(33)6-12-27/h4-8,11-15,21-22,26,29H,2-3,9-10,16-20H2. The molecule has 1 saturated heterocycles. The molecule has 2 fully saturated rings. The number of Topliss-reactive ketones (excluding diaryl/α,β-unsaturated/α-hetero) is 1. The average molecular weight is 542 g/mol. The number of pyridine rings is 1. The summed E-state index contributed by atoms with van der Waals surface area (Å²) in [6, 6.07) is 16.5. The number of ketones is 1. The minimum atomic E-state index is -0.284. The van der Waals surface area contributed by atoms with E-state index in [2.05, 4.69) is 9.83 Å². The molecule has 206 valence electrons. The number of hydrogen-bond donors (Lipinski definition) is 0.